The van der Waals surface area contributed by atoms with Gasteiger partial charge in [0.05, 0.1) is 13.2 Å². The Balaban J connectivity index is 2.48. The Morgan fingerprint density at radius 3 is 2.59 bits per heavy atom. The van der Waals surface area contributed by atoms with Crippen molar-refractivity contribution in [3.8, 4) is 6.01 Å². The van der Waals surface area contributed by atoms with E-state index >= 15 is 0 Å². The van der Waals surface area contributed by atoms with Crippen molar-refractivity contribution < 1.29 is 27.5 Å². The fourth-order valence-corrected chi connectivity index (χ4v) is 2.83. The average molecular weight is 337 g/mol. The zero-order chi connectivity index (χ0) is 16.4. The van der Waals surface area contributed by atoms with Crippen molar-refractivity contribution >= 4 is 13.4 Å². The molecule has 10 heteroatoms. The fraction of sp³-hybridized carbons (Fsp3) is 0.667. The number of alkyl halides is 1. The van der Waals surface area contributed by atoms with E-state index in [-0.39, 0.29) is 38.0 Å². The third-order valence-electron chi connectivity index (χ3n) is 2.35. The van der Waals surface area contributed by atoms with Crippen LogP contribution in [-0.2, 0) is 18.3 Å². The molecule has 0 saturated heterocycles. The second kappa shape index (κ2) is 9.68. The van der Waals surface area contributed by atoms with E-state index in [1.54, 1.807) is 13.8 Å². The van der Waals surface area contributed by atoms with Gasteiger partial charge in [-0.1, -0.05) is 0 Å². The monoisotopic (exact) mass is 337 g/mol. The Kier molecular flexibility index (Phi) is 8.26. The molecular formula is C12H21FN3O5P. The van der Waals surface area contributed by atoms with Crippen LogP contribution in [0, 0.1) is 0 Å². The van der Waals surface area contributed by atoms with E-state index in [1.807, 2.05) is 0 Å². The maximum Gasteiger partial charge on any atom is 0.356 e. The van der Waals surface area contributed by atoms with E-state index in [1.165, 1.54) is 12.3 Å². The Hall–Kier alpha value is -1.28. The van der Waals surface area contributed by atoms with Crippen LogP contribution in [0.25, 0.3) is 0 Å². The van der Waals surface area contributed by atoms with Gasteiger partial charge in [-0.05, 0) is 19.9 Å². The standard InChI is InChI=1S/C12H21FN3O5P/c1-3-20-22(17,21-4-2)9-19-10(7-13)8-18-12-15-6-5-11(14)16-12/h5-6,10H,3-4,7-9H2,1-2H3,(H2,14,15,16)/t10-/m0/s1. The van der Waals surface area contributed by atoms with Crippen LogP contribution >= 0.6 is 7.60 Å². The van der Waals surface area contributed by atoms with Crippen LogP contribution in [0.3, 0.4) is 0 Å². The number of ether oxygens (including phenoxy) is 2. The van der Waals surface area contributed by atoms with Gasteiger partial charge in [0.1, 0.15) is 31.6 Å². The Labute approximate surface area is 128 Å². The minimum atomic E-state index is -3.39. The first-order chi connectivity index (χ1) is 10.5. The Bertz CT molecular complexity index is 484. The summed E-state index contributed by atoms with van der Waals surface area (Å²) in [4.78, 5) is 7.63. The topological polar surface area (TPSA) is 106 Å². The van der Waals surface area contributed by atoms with Crippen molar-refractivity contribution in [1.29, 1.82) is 0 Å². The molecule has 0 radical (unpaired) electrons. The third kappa shape index (κ3) is 6.65. The van der Waals surface area contributed by atoms with Gasteiger partial charge in [0.25, 0.3) is 0 Å². The lowest BCUT2D eigenvalue weighted by atomic mass is 10.4. The molecule has 0 spiro atoms. The first kappa shape index (κ1) is 18.8. The average Bonchev–Trinajstić information content (AvgIpc) is 2.48. The lowest BCUT2D eigenvalue weighted by Crippen LogP contribution is -2.25. The molecule has 0 saturated carbocycles. The van der Waals surface area contributed by atoms with Crippen LogP contribution in [-0.4, -0.2) is 48.9 Å². The molecule has 1 heterocycles. The van der Waals surface area contributed by atoms with Crippen LogP contribution in [0.15, 0.2) is 12.3 Å². The van der Waals surface area contributed by atoms with Crippen molar-refractivity contribution in [2.75, 3.05) is 38.6 Å². The summed E-state index contributed by atoms with van der Waals surface area (Å²) in [5, 5.41) is 0. The van der Waals surface area contributed by atoms with Crippen molar-refractivity contribution in [2.24, 2.45) is 0 Å². The van der Waals surface area contributed by atoms with E-state index < -0.39 is 20.4 Å². The number of hydrogen-bond donors (Lipinski definition) is 1. The number of nitrogens with zero attached hydrogens (tertiary/aromatic N) is 2. The van der Waals surface area contributed by atoms with Crippen LogP contribution in [0.2, 0.25) is 0 Å². The van der Waals surface area contributed by atoms with Gasteiger partial charge < -0.3 is 24.3 Å². The van der Waals surface area contributed by atoms with E-state index in [0.717, 1.165) is 0 Å². The first-order valence-electron chi connectivity index (χ1n) is 6.80. The molecule has 0 unspecified atom stereocenters. The molecule has 1 rings (SSSR count). The summed E-state index contributed by atoms with van der Waals surface area (Å²) in [6.45, 7) is 2.78. The molecular weight excluding hydrogens is 316 g/mol. The maximum atomic E-state index is 12.9. The van der Waals surface area contributed by atoms with Crippen LogP contribution in [0.5, 0.6) is 6.01 Å². The molecule has 0 fully saturated rings. The molecule has 8 nitrogen and oxygen atoms in total. The summed E-state index contributed by atoms with van der Waals surface area (Å²) in [7, 11) is -3.39. The van der Waals surface area contributed by atoms with Gasteiger partial charge in [0, 0.05) is 6.20 Å². The van der Waals surface area contributed by atoms with Gasteiger partial charge in [0.2, 0.25) is 0 Å². The molecule has 0 bridgehead atoms. The minimum absolute atomic E-state index is 0.0137. The molecule has 0 amide bonds. The van der Waals surface area contributed by atoms with E-state index in [4.69, 9.17) is 24.3 Å². The summed E-state index contributed by atoms with van der Waals surface area (Å²) >= 11 is 0. The molecule has 0 aromatic carbocycles. The second-order valence-electron chi connectivity index (χ2n) is 4.09. The molecule has 0 aliphatic carbocycles. The van der Waals surface area contributed by atoms with Gasteiger partial charge in [-0.3, -0.25) is 4.57 Å². The molecule has 22 heavy (non-hydrogen) atoms. The normalized spacial score (nSPS) is 13.0. The minimum Gasteiger partial charge on any atom is -0.461 e. The van der Waals surface area contributed by atoms with E-state index in [2.05, 4.69) is 9.97 Å². The van der Waals surface area contributed by atoms with Gasteiger partial charge in [-0.25, -0.2) is 9.37 Å². The number of nitrogen functional groups attached to an aromatic ring is 1. The SMILES string of the molecule is CCOP(=O)(CO[C@@H](CF)COc1nccc(N)n1)OCC. The van der Waals surface area contributed by atoms with Gasteiger partial charge >= 0.3 is 13.6 Å². The zero-order valence-corrected chi connectivity index (χ0v) is 13.5. The largest absolute Gasteiger partial charge is 0.461 e. The predicted molar refractivity (Wildman–Crippen MR) is 78.5 cm³/mol. The molecule has 1 aromatic heterocycles. The van der Waals surface area contributed by atoms with Crippen LogP contribution in [0.4, 0.5) is 10.2 Å². The lowest BCUT2D eigenvalue weighted by molar-refractivity contribution is 0.0160. The van der Waals surface area contributed by atoms with Gasteiger partial charge in [-0.15, -0.1) is 0 Å². The fourth-order valence-electron chi connectivity index (χ4n) is 1.43. The number of rotatable bonds is 11. The highest BCUT2D eigenvalue weighted by Crippen LogP contribution is 2.48. The quantitative estimate of drug-likeness (QED) is 0.611. The summed E-state index contributed by atoms with van der Waals surface area (Å²) in [6.07, 6.45) is 0.116. The molecule has 0 aliphatic heterocycles. The highest BCUT2D eigenvalue weighted by Gasteiger charge is 2.26. The second-order valence-corrected chi connectivity index (χ2v) is 6.09. The summed E-state index contributed by atoms with van der Waals surface area (Å²) in [5.41, 5.74) is 5.47. The molecule has 2 N–H and O–H groups in total. The summed E-state index contributed by atoms with van der Waals surface area (Å²) in [5.74, 6) is 0.236. The van der Waals surface area contributed by atoms with Crippen molar-refractivity contribution in [3.05, 3.63) is 12.3 Å². The summed E-state index contributed by atoms with van der Waals surface area (Å²) in [6, 6.07) is 1.51. The van der Waals surface area contributed by atoms with Crippen LogP contribution < -0.4 is 10.5 Å². The number of aromatic nitrogens is 2. The van der Waals surface area contributed by atoms with Crippen LogP contribution in [0.1, 0.15) is 13.8 Å². The highest BCUT2D eigenvalue weighted by molar-refractivity contribution is 7.53. The van der Waals surface area contributed by atoms with Gasteiger partial charge in [-0.2, -0.15) is 4.98 Å². The number of hydrogen-bond acceptors (Lipinski definition) is 8. The molecule has 1 atom stereocenters. The Morgan fingerprint density at radius 1 is 1.36 bits per heavy atom. The van der Waals surface area contributed by atoms with Crippen molar-refractivity contribution in [3.63, 3.8) is 0 Å². The smallest absolute Gasteiger partial charge is 0.356 e. The van der Waals surface area contributed by atoms with E-state index in [9.17, 15) is 8.96 Å². The molecule has 1 aromatic rings. The molecule has 0 aliphatic rings. The Morgan fingerprint density at radius 2 is 2.05 bits per heavy atom. The number of anilines is 1. The predicted octanol–water partition coefficient (Wildman–Crippen LogP) is 2.02. The number of halogens is 1. The third-order valence-corrected chi connectivity index (χ3v) is 4.11. The lowest BCUT2D eigenvalue weighted by Gasteiger charge is -2.20. The highest BCUT2D eigenvalue weighted by atomic mass is 31.2. The number of nitrogens with two attached hydrogens (primary N) is 1. The van der Waals surface area contributed by atoms with Crippen molar-refractivity contribution in [1.82, 2.24) is 9.97 Å². The molecule has 126 valence electrons. The zero-order valence-electron chi connectivity index (χ0n) is 12.6. The maximum absolute atomic E-state index is 12.9. The van der Waals surface area contributed by atoms with E-state index in [0.29, 0.717) is 0 Å². The van der Waals surface area contributed by atoms with Gasteiger partial charge in [0.15, 0.2) is 0 Å². The first-order valence-corrected chi connectivity index (χ1v) is 8.52. The summed E-state index contributed by atoms with van der Waals surface area (Å²) < 4.78 is 45.6. The van der Waals surface area contributed by atoms with Crippen molar-refractivity contribution in [2.45, 2.75) is 20.0 Å².